The highest BCUT2D eigenvalue weighted by Gasteiger charge is 2.21. The number of aromatic nitrogens is 2. The van der Waals surface area contributed by atoms with Gasteiger partial charge in [0.05, 0.1) is 0 Å². The molecule has 0 atom stereocenters. The first-order valence-electron chi connectivity index (χ1n) is 9.57. The van der Waals surface area contributed by atoms with Gasteiger partial charge in [-0.05, 0) is 32.3 Å². The predicted octanol–water partition coefficient (Wildman–Crippen LogP) is 4.27. The summed E-state index contributed by atoms with van der Waals surface area (Å²) in [6.07, 6.45) is 7.65. The van der Waals surface area contributed by atoms with Gasteiger partial charge in [0.15, 0.2) is 0 Å². The van der Waals surface area contributed by atoms with E-state index in [1.807, 2.05) is 49.1 Å². The van der Waals surface area contributed by atoms with E-state index < -0.39 is 0 Å². The topological polar surface area (TPSA) is 58.1 Å². The van der Waals surface area contributed by atoms with Crippen LogP contribution in [0.1, 0.15) is 62.0 Å². The largest absolute Gasteiger partial charge is 0.367 e. The number of hydrogen-bond donors (Lipinski definition) is 1. The van der Waals surface area contributed by atoms with Crippen LogP contribution in [0.15, 0.2) is 42.7 Å². The van der Waals surface area contributed by atoms with Crippen LogP contribution in [-0.4, -0.2) is 32.9 Å². The van der Waals surface area contributed by atoms with Crippen LogP contribution in [0.5, 0.6) is 0 Å². The quantitative estimate of drug-likeness (QED) is 0.843. The average Bonchev–Trinajstić information content (AvgIpc) is 2.67. The fourth-order valence-corrected chi connectivity index (χ4v) is 3.43. The molecule has 1 aliphatic rings. The Hall–Kier alpha value is -2.43. The molecular weight excluding hydrogens is 324 g/mol. The van der Waals surface area contributed by atoms with Crippen molar-refractivity contribution in [2.24, 2.45) is 0 Å². The number of rotatable bonds is 6. The van der Waals surface area contributed by atoms with Crippen molar-refractivity contribution in [1.29, 1.82) is 0 Å². The van der Waals surface area contributed by atoms with E-state index in [0.29, 0.717) is 18.3 Å². The molecule has 1 fully saturated rings. The van der Waals surface area contributed by atoms with Crippen LogP contribution in [0.25, 0.3) is 0 Å². The summed E-state index contributed by atoms with van der Waals surface area (Å²) >= 11 is 0. The molecule has 0 bridgehead atoms. The zero-order valence-corrected chi connectivity index (χ0v) is 15.7. The van der Waals surface area contributed by atoms with Gasteiger partial charge in [0, 0.05) is 24.7 Å². The van der Waals surface area contributed by atoms with Crippen molar-refractivity contribution in [3.8, 4) is 0 Å². The number of anilines is 1. The number of nitrogens with zero attached hydrogens (tertiary/aromatic N) is 3. The van der Waals surface area contributed by atoms with Crippen LogP contribution in [0, 0.1) is 0 Å². The molecule has 3 rings (SSSR count). The smallest absolute Gasteiger partial charge is 0.273 e. The lowest BCUT2D eigenvalue weighted by atomic mass is 9.95. The Balaban J connectivity index is 1.73. The van der Waals surface area contributed by atoms with Gasteiger partial charge in [0.2, 0.25) is 0 Å². The SMILES string of the molecule is CC(C)N(Cc1ccccc1)C(=O)c1cc(NC2CCCCC2)ncn1. The third-order valence-electron chi connectivity index (χ3n) is 4.92. The first-order valence-corrected chi connectivity index (χ1v) is 9.57. The lowest BCUT2D eigenvalue weighted by Gasteiger charge is -2.27. The van der Waals surface area contributed by atoms with E-state index in [-0.39, 0.29) is 11.9 Å². The summed E-state index contributed by atoms with van der Waals surface area (Å²) in [5.74, 6) is 0.691. The Morgan fingerprint density at radius 2 is 1.88 bits per heavy atom. The highest BCUT2D eigenvalue weighted by atomic mass is 16.2. The zero-order chi connectivity index (χ0) is 18.4. The highest BCUT2D eigenvalue weighted by molar-refractivity contribution is 5.93. The molecule has 1 amide bonds. The molecular formula is C21H28N4O. The maximum absolute atomic E-state index is 13.0. The molecule has 26 heavy (non-hydrogen) atoms. The lowest BCUT2D eigenvalue weighted by molar-refractivity contribution is 0.0684. The fourth-order valence-electron chi connectivity index (χ4n) is 3.43. The number of carbonyl (C=O) groups excluding carboxylic acids is 1. The van der Waals surface area contributed by atoms with Crippen molar-refractivity contribution < 1.29 is 4.79 Å². The van der Waals surface area contributed by atoms with Gasteiger partial charge < -0.3 is 10.2 Å². The van der Waals surface area contributed by atoms with E-state index >= 15 is 0 Å². The number of hydrogen-bond acceptors (Lipinski definition) is 4. The second kappa shape index (κ2) is 8.79. The molecule has 5 nitrogen and oxygen atoms in total. The Morgan fingerprint density at radius 1 is 1.15 bits per heavy atom. The van der Waals surface area contributed by atoms with Crippen LogP contribution in [-0.2, 0) is 6.54 Å². The Labute approximate surface area is 155 Å². The minimum Gasteiger partial charge on any atom is -0.367 e. The molecule has 1 aromatic heterocycles. The first kappa shape index (κ1) is 18.4. The zero-order valence-electron chi connectivity index (χ0n) is 15.7. The Kier molecular flexibility index (Phi) is 6.21. The molecule has 1 heterocycles. The predicted molar refractivity (Wildman–Crippen MR) is 104 cm³/mol. The van der Waals surface area contributed by atoms with Crippen molar-refractivity contribution in [3.05, 3.63) is 54.0 Å². The maximum Gasteiger partial charge on any atom is 0.273 e. The van der Waals surface area contributed by atoms with Crippen molar-refractivity contribution in [1.82, 2.24) is 14.9 Å². The molecule has 138 valence electrons. The highest BCUT2D eigenvalue weighted by Crippen LogP contribution is 2.21. The van der Waals surface area contributed by atoms with E-state index in [0.717, 1.165) is 11.4 Å². The molecule has 0 saturated heterocycles. The fraction of sp³-hybridized carbons (Fsp3) is 0.476. The molecule has 1 saturated carbocycles. The lowest BCUT2D eigenvalue weighted by Crippen LogP contribution is -2.37. The molecule has 0 radical (unpaired) electrons. The summed E-state index contributed by atoms with van der Waals surface area (Å²) in [7, 11) is 0. The molecule has 0 unspecified atom stereocenters. The number of nitrogens with one attached hydrogen (secondary N) is 1. The van der Waals surface area contributed by atoms with E-state index in [2.05, 4.69) is 15.3 Å². The molecule has 2 aromatic rings. The summed E-state index contributed by atoms with van der Waals surface area (Å²) in [5.41, 5.74) is 1.56. The molecule has 0 spiro atoms. The monoisotopic (exact) mass is 352 g/mol. The molecule has 1 N–H and O–H groups in total. The van der Waals surface area contributed by atoms with Gasteiger partial charge in [-0.25, -0.2) is 9.97 Å². The summed E-state index contributed by atoms with van der Waals surface area (Å²) in [5, 5.41) is 3.47. The standard InChI is InChI=1S/C21H28N4O/c1-16(2)25(14-17-9-5-3-6-10-17)21(26)19-13-20(23-15-22-19)24-18-11-7-4-8-12-18/h3,5-6,9-10,13,15-16,18H,4,7-8,11-12,14H2,1-2H3,(H,22,23,24). The van der Waals surface area contributed by atoms with Gasteiger partial charge in [-0.2, -0.15) is 0 Å². The maximum atomic E-state index is 13.0. The second-order valence-electron chi connectivity index (χ2n) is 7.28. The van der Waals surface area contributed by atoms with Crippen LogP contribution >= 0.6 is 0 Å². The minimum atomic E-state index is -0.0575. The van der Waals surface area contributed by atoms with Crippen LogP contribution < -0.4 is 5.32 Å². The van der Waals surface area contributed by atoms with E-state index in [4.69, 9.17) is 0 Å². The Morgan fingerprint density at radius 3 is 2.58 bits per heavy atom. The van der Waals surface area contributed by atoms with Crippen LogP contribution in [0.2, 0.25) is 0 Å². The van der Waals surface area contributed by atoms with Crippen LogP contribution in [0.3, 0.4) is 0 Å². The molecule has 1 aliphatic carbocycles. The summed E-state index contributed by atoms with van der Waals surface area (Å²) in [4.78, 5) is 23.4. The third kappa shape index (κ3) is 4.81. The third-order valence-corrected chi connectivity index (χ3v) is 4.92. The van der Waals surface area contributed by atoms with Crippen LogP contribution in [0.4, 0.5) is 5.82 Å². The van der Waals surface area contributed by atoms with Gasteiger partial charge in [0.25, 0.3) is 5.91 Å². The van der Waals surface area contributed by atoms with E-state index in [1.165, 1.54) is 38.4 Å². The summed E-state index contributed by atoms with van der Waals surface area (Å²) in [6, 6.07) is 12.4. The van der Waals surface area contributed by atoms with E-state index in [9.17, 15) is 4.79 Å². The number of carbonyl (C=O) groups is 1. The summed E-state index contributed by atoms with van der Waals surface area (Å²) < 4.78 is 0. The van der Waals surface area contributed by atoms with Gasteiger partial charge in [0.1, 0.15) is 17.8 Å². The number of benzene rings is 1. The van der Waals surface area contributed by atoms with Crippen molar-refractivity contribution in [3.63, 3.8) is 0 Å². The van der Waals surface area contributed by atoms with Crippen molar-refractivity contribution in [2.45, 2.75) is 64.6 Å². The normalized spacial score (nSPS) is 15.0. The molecule has 5 heteroatoms. The van der Waals surface area contributed by atoms with Gasteiger partial charge in [-0.3, -0.25) is 4.79 Å². The number of amides is 1. The summed E-state index contributed by atoms with van der Waals surface area (Å²) in [6.45, 7) is 4.64. The van der Waals surface area contributed by atoms with Gasteiger partial charge in [-0.1, -0.05) is 49.6 Å². The van der Waals surface area contributed by atoms with Gasteiger partial charge >= 0.3 is 0 Å². The Bertz CT molecular complexity index is 711. The van der Waals surface area contributed by atoms with Gasteiger partial charge in [-0.15, -0.1) is 0 Å². The second-order valence-corrected chi connectivity index (χ2v) is 7.28. The van der Waals surface area contributed by atoms with Crippen molar-refractivity contribution >= 4 is 11.7 Å². The molecule has 1 aromatic carbocycles. The first-order chi connectivity index (χ1) is 12.6. The average molecular weight is 352 g/mol. The van der Waals surface area contributed by atoms with Crippen molar-refractivity contribution in [2.75, 3.05) is 5.32 Å². The van der Waals surface area contributed by atoms with E-state index in [1.54, 1.807) is 6.07 Å². The minimum absolute atomic E-state index is 0.0575. The molecule has 0 aliphatic heterocycles.